The van der Waals surface area contributed by atoms with Crippen molar-refractivity contribution in [3.8, 4) is 5.75 Å². The number of methoxy groups -OCH3 is 1. The van der Waals surface area contributed by atoms with Crippen LogP contribution in [0, 0.1) is 0 Å². The molecule has 0 bridgehead atoms. The van der Waals surface area contributed by atoms with E-state index in [-0.39, 0.29) is 6.03 Å². The summed E-state index contributed by atoms with van der Waals surface area (Å²) < 4.78 is 10.5. The van der Waals surface area contributed by atoms with Crippen LogP contribution in [0.15, 0.2) is 42.5 Å². The predicted octanol–water partition coefficient (Wildman–Crippen LogP) is 3.83. The van der Waals surface area contributed by atoms with Gasteiger partial charge in [-0.3, -0.25) is 0 Å². The predicted molar refractivity (Wildman–Crippen MR) is 100 cm³/mol. The lowest BCUT2D eigenvalue weighted by molar-refractivity contribution is 0.123. The Hall–Kier alpha value is -2.44. The van der Waals surface area contributed by atoms with Gasteiger partial charge in [0, 0.05) is 18.8 Å². The number of carbonyl (C=O) groups is 1. The van der Waals surface area contributed by atoms with Gasteiger partial charge in [0.15, 0.2) is 0 Å². The van der Waals surface area contributed by atoms with Gasteiger partial charge in [0.1, 0.15) is 5.75 Å². The van der Waals surface area contributed by atoms with Crippen molar-refractivity contribution in [1.29, 1.82) is 0 Å². The summed E-state index contributed by atoms with van der Waals surface area (Å²) in [6, 6.07) is 12.5. The van der Waals surface area contributed by atoms with E-state index in [2.05, 4.69) is 15.5 Å². The first-order valence-electron chi connectivity index (χ1n) is 8.00. The molecule has 1 saturated heterocycles. The molecule has 132 valence electrons. The zero-order valence-electron chi connectivity index (χ0n) is 13.9. The molecular formula is C18H20ClN3O3. The van der Waals surface area contributed by atoms with E-state index in [1.165, 1.54) is 0 Å². The second-order valence-corrected chi connectivity index (χ2v) is 5.95. The molecule has 0 aromatic heterocycles. The molecule has 2 aromatic carbocycles. The van der Waals surface area contributed by atoms with Gasteiger partial charge in [-0.1, -0.05) is 23.7 Å². The Labute approximate surface area is 151 Å². The number of hydrogen-bond donors (Lipinski definition) is 2. The van der Waals surface area contributed by atoms with Gasteiger partial charge >= 0.3 is 6.03 Å². The van der Waals surface area contributed by atoms with E-state index in [4.69, 9.17) is 21.1 Å². The van der Waals surface area contributed by atoms with Crippen molar-refractivity contribution in [1.82, 2.24) is 0 Å². The van der Waals surface area contributed by atoms with Crippen LogP contribution in [0.3, 0.4) is 0 Å². The first-order chi connectivity index (χ1) is 12.2. The Morgan fingerprint density at radius 3 is 2.64 bits per heavy atom. The number of urea groups is 1. The molecule has 1 aliphatic heterocycles. The number of anilines is 3. The molecule has 2 amide bonds. The lowest BCUT2D eigenvalue weighted by atomic mass is 10.2. The topological polar surface area (TPSA) is 62.8 Å². The van der Waals surface area contributed by atoms with E-state index in [0.29, 0.717) is 29.7 Å². The zero-order valence-corrected chi connectivity index (χ0v) is 14.7. The van der Waals surface area contributed by atoms with Crippen molar-refractivity contribution in [2.75, 3.05) is 48.9 Å². The van der Waals surface area contributed by atoms with Crippen LogP contribution in [0.5, 0.6) is 5.75 Å². The van der Waals surface area contributed by atoms with E-state index in [9.17, 15) is 4.79 Å². The third-order valence-corrected chi connectivity index (χ3v) is 4.21. The van der Waals surface area contributed by atoms with Gasteiger partial charge in [-0.05, 0) is 30.3 Å². The number of nitrogens with one attached hydrogen (secondary N) is 2. The molecule has 0 saturated carbocycles. The van der Waals surface area contributed by atoms with Crippen LogP contribution in [0.25, 0.3) is 0 Å². The Morgan fingerprint density at radius 1 is 1.16 bits per heavy atom. The first-order valence-corrected chi connectivity index (χ1v) is 8.38. The molecule has 3 rings (SSSR count). The number of para-hydroxylation sites is 2. The van der Waals surface area contributed by atoms with Gasteiger partial charge in [0.2, 0.25) is 0 Å². The highest BCUT2D eigenvalue weighted by Crippen LogP contribution is 2.28. The Kier molecular flexibility index (Phi) is 5.63. The summed E-state index contributed by atoms with van der Waals surface area (Å²) in [5, 5.41) is 6.12. The molecule has 0 spiro atoms. The van der Waals surface area contributed by atoms with Crippen LogP contribution in [0.2, 0.25) is 5.02 Å². The molecule has 0 unspecified atom stereocenters. The number of hydrogen-bond acceptors (Lipinski definition) is 4. The lowest BCUT2D eigenvalue weighted by Gasteiger charge is -2.30. The fraction of sp³-hybridized carbons (Fsp3) is 0.278. The maximum atomic E-state index is 12.3. The number of rotatable bonds is 4. The molecule has 0 aliphatic carbocycles. The van der Waals surface area contributed by atoms with Crippen molar-refractivity contribution in [3.05, 3.63) is 47.5 Å². The number of nitrogens with zero attached hydrogens (tertiary/aromatic N) is 1. The van der Waals surface area contributed by atoms with Gasteiger partial charge in [-0.15, -0.1) is 0 Å². The second kappa shape index (κ2) is 8.09. The van der Waals surface area contributed by atoms with Crippen LogP contribution in [0.1, 0.15) is 0 Å². The molecular weight excluding hydrogens is 342 g/mol. The average Bonchev–Trinajstić information content (AvgIpc) is 2.63. The zero-order chi connectivity index (χ0) is 17.6. The third-order valence-electron chi connectivity index (χ3n) is 3.91. The standard InChI is InChI=1S/C18H20ClN3O3/c1-24-17-7-6-13(12-14(17)19)20-18(23)21-15-4-2-3-5-16(15)22-8-10-25-11-9-22/h2-7,12H,8-11H2,1H3,(H2,20,21,23). The van der Waals surface area contributed by atoms with Crippen molar-refractivity contribution in [2.24, 2.45) is 0 Å². The number of carbonyl (C=O) groups excluding carboxylic acids is 1. The highest BCUT2D eigenvalue weighted by atomic mass is 35.5. The summed E-state index contributed by atoms with van der Waals surface area (Å²) in [6.45, 7) is 2.97. The van der Waals surface area contributed by atoms with E-state index in [1.807, 2.05) is 24.3 Å². The van der Waals surface area contributed by atoms with E-state index in [0.717, 1.165) is 24.5 Å². The Bertz CT molecular complexity index is 748. The van der Waals surface area contributed by atoms with E-state index in [1.54, 1.807) is 25.3 Å². The number of morpholine rings is 1. The van der Waals surface area contributed by atoms with Crippen LogP contribution in [0.4, 0.5) is 21.9 Å². The minimum atomic E-state index is -0.332. The van der Waals surface area contributed by atoms with Crippen LogP contribution < -0.4 is 20.3 Å². The summed E-state index contributed by atoms with van der Waals surface area (Å²) in [4.78, 5) is 14.5. The van der Waals surface area contributed by atoms with Crippen LogP contribution >= 0.6 is 11.6 Å². The monoisotopic (exact) mass is 361 g/mol. The number of amides is 2. The summed E-state index contributed by atoms with van der Waals surface area (Å²) in [7, 11) is 1.55. The summed E-state index contributed by atoms with van der Waals surface area (Å²) >= 11 is 6.08. The minimum absolute atomic E-state index is 0.332. The van der Waals surface area contributed by atoms with Gasteiger partial charge in [-0.2, -0.15) is 0 Å². The van der Waals surface area contributed by atoms with Crippen molar-refractivity contribution < 1.29 is 14.3 Å². The van der Waals surface area contributed by atoms with Gasteiger partial charge < -0.3 is 25.0 Å². The van der Waals surface area contributed by atoms with E-state index >= 15 is 0 Å². The molecule has 25 heavy (non-hydrogen) atoms. The van der Waals surface area contributed by atoms with Gasteiger partial charge in [0.05, 0.1) is 36.7 Å². The Balaban J connectivity index is 1.70. The van der Waals surface area contributed by atoms with Crippen molar-refractivity contribution in [2.45, 2.75) is 0 Å². The fourth-order valence-corrected chi connectivity index (χ4v) is 2.95. The quantitative estimate of drug-likeness (QED) is 0.868. The van der Waals surface area contributed by atoms with Crippen LogP contribution in [-0.2, 0) is 4.74 Å². The lowest BCUT2D eigenvalue weighted by Crippen LogP contribution is -2.36. The normalized spacial score (nSPS) is 14.1. The molecule has 1 heterocycles. The molecule has 2 aromatic rings. The maximum absolute atomic E-state index is 12.3. The molecule has 1 aliphatic rings. The molecule has 7 heteroatoms. The van der Waals surface area contributed by atoms with Crippen molar-refractivity contribution in [3.63, 3.8) is 0 Å². The minimum Gasteiger partial charge on any atom is -0.495 e. The van der Waals surface area contributed by atoms with Gasteiger partial charge in [-0.25, -0.2) is 4.79 Å². The van der Waals surface area contributed by atoms with Gasteiger partial charge in [0.25, 0.3) is 0 Å². The first kappa shape index (κ1) is 17.4. The largest absolute Gasteiger partial charge is 0.495 e. The smallest absolute Gasteiger partial charge is 0.323 e. The Morgan fingerprint density at radius 2 is 1.92 bits per heavy atom. The summed E-state index contributed by atoms with van der Waals surface area (Å²) in [5.74, 6) is 0.560. The van der Waals surface area contributed by atoms with Crippen LogP contribution in [-0.4, -0.2) is 39.4 Å². The summed E-state index contributed by atoms with van der Waals surface area (Å²) in [6.07, 6.45) is 0. The third kappa shape index (κ3) is 4.35. The number of ether oxygens (including phenoxy) is 2. The maximum Gasteiger partial charge on any atom is 0.323 e. The van der Waals surface area contributed by atoms with E-state index < -0.39 is 0 Å². The molecule has 0 atom stereocenters. The molecule has 1 fully saturated rings. The molecule has 6 nitrogen and oxygen atoms in total. The second-order valence-electron chi connectivity index (χ2n) is 5.55. The van der Waals surface area contributed by atoms with Crippen molar-refractivity contribution >= 4 is 34.7 Å². The SMILES string of the molecule is COc1ccc(NC(=O)Nc2ccccc2N2CCOCC2)cc1Cl. The fourth-order valence-electron chi connectivity index (χ4n) is 2.69. The number of benzene rings is 2. The molecule has 2 N–H and O–H groups in total. The highest BCUT2D eigenvalue weighted by molar-refractivity contribution is 6.32. The summed E-state index contributed by atoms with van der Waals surface area (Å²) in [5.41, 5.74) is 2.32. The highest BCUT2D eigenvalue weighted by Gasteiger charge is 2.15. The molecule has 0 radical (unpaired) electrons. The number of halogens is 1. The average molecular weight is 362 g/mol.